The highest BCUT2D eigenvalue weighted by atomic mass is 16.5. The molecule has 1 heterocycles. The Morgan fingerprint density at radius 3 is 3.00 bits per heavy atom. The number of amides is 1. The molecule has 1 aliphatic rings. The van der Waals surface area contributed by atoms with E-state index in [1.165, 1.54) is 7.05 Å². The van der Waals surface area contributed by atoms with Crippen molar-refractivity contribution in [3.8, 4) is 6.07 Å². The number of carbonyl (C=O) groups is 1. The molecule has 0 aromatic rings. The summed E-state index contributed by atoms with van der Waals surface area (Å²) in [6.45, 7) is 1.13. The van der Waals surface area contributed by atoms with Crippen LogP contribution in [0.1, 0.15) is 0 Å². The van der Waals surface area contributed by atoms with Gasteiger partial charge in [-0.15, -0.1) is 0 Å². The van der Waals surface area contributed by atoms with Crippen LogP contribution in [0, 0.1) is 11.3 Å². The summed E-state index contributed by atoms with van der Waals surface area (Å²) >= 11 is 0. The van der Waals surface area contributed by atoms with Crippen molar-refractivity contribution in [2.45, 2.75) is 0 Å². The van der Waals surface area contributed by atoms with Gasteiger partial charge in [0.05, 0.1) is 6.54 Å². The third-order valence-electron chi connectivity index (χ3n) is 1.43. The predicted octanol–water partition coefficient (Wildman–Crippen LogP) is -0.913. The Hall–Kier alpha value is -1.70. The molecule has 0 aromatic heterocycles. The standard InChI is InChI=1S/C7H9N3O2/c1-9-6(11)5(4-8)7-10-2-3-12-7/h10H,2-3H2,1H3,(H,9,11)/b7-5-. The topological polar surface area (TPSA) is 74.2 Å². The first kappa shape index (κ1) is 8.40. The molecule has 0 unspecified atom stereocenters. The van der Waals surface area contributed by atoms with Crippen molar-refractivity contribution in [3.63, 3.8) is 0 Å². The number of nitrogens with one attached hydrogen (secondary N) is 2. The van der Waals surface area contributed by atoms with Crippen LogP contribution in [0.5, 0.6) is 0 Å². The number of carbonyl (C=O) groups excluding carboxylic acids is 1. The van der Waals surface area contributed by atoms with Crippen molar-refractivity contribution < 1.29 is 9.53 Å². The van der Waals surface area contributed by atoms with Gasteiger partial charge < -0.3 is 15.4 Å². The minimum Gasteiger partial charge on any atom is -0.476 e. The first-order chi connectivity index (χ1) is 5.79. The number of nitrogens with zero attached hydrogens (tertiary/aromatic N) is 1. The zero-order valence-corrected chi connectivity index (χ0v) is 6.68. The fourth-order valence-corrected chi connectivity index (χ4v) is 0.859. The van der Waals surface area contributed by atoms with Crippen molar-refractivity contribution in [2.75, 3.05) is 20.2 Å². The summed E-state index contributed by atoms with van der Waals surface area (Å²) < 4.78 is 5.01. The highest BCUT2D eigenvalue weighted by Crippen LogP contribution is 2.06. The van der Waals surface area contributed by atoms with Crippen LogP contribution in [0.25, 0.3) is 0 Å². The molecular weight excluding hydrogens is 158 g/mol. The van der Waals surface area contributed by atoms with E-state index in [2.05, 4.69) is 10.6 Å². The Bertz CT molecular complexity index is 256. The normalized spacial score (nSPS) is 18.7. The molecule has 0 atom stereocenters. The lowest BCUT2D eigenvalue weighted by atomic mass is 10.3. The Labute approximate surface area is 70.0 Å². The average Bonchev–Trinajstić information content (AvgIpc) is 2.58. The number of ether oxygens (including phenoxy) is 1. The summed E-state index contributed by atoms with van der Waals surface area (Å²) in [4.78, 5) is 11.0. The quantitative estimate of drug-likeness (QED) is 0.391. The van der Waals surface area contributed by atoms with Crippen LogP contribution in [-0.4, -0.2) is 26.1 Å². The van der Waals surface area contributed by atoms with Gasteiger partial charge in [0.15, 0.2) is 5.57 Å². The molecule has 64 valence electrons. The van der Waals surface area contributed by atoms with Crippen LogP contribution in [-0.2, 0) is 9.53 Å². The molecule has 1 amide bonds. The minimum atomic E-state index is -0.429. The van der Waals surface area contributed by atoms with Gasteiger partial charge in [0.1, 0.15) is 12.7 Å². The first-order valence-electron chi connectivity index (χ1n) is 3.52. The van der Waals surface area contributed by atoms with Crippen LogP contribution >= 0.6 is 0 Å². The second-order valence-corrected chi connectivity index (χ2v) is 2.17. The van der Waals surface area contributed by atoms with Gasteiger partial charge in [0.25, 0.3) is 5.91 Å². The summed E-state index contributed by atoms with van der Waals surface area (Å²) in [5.74, 6) is -0.154. The Kier molecular flexibility index (Phi) is 2.53. The molecule has 1 fully saturated rings. The Balaban J connectivity index is 2.86. The van der Waals surface area contributed by atoms with Gasteiger partial charge >= 0.3 is 0 Å². The summed E-state index contributed by atoms with van der Waals surface area (Å²) in [7, 11) is 1.47. The third kappa shape index (κ3) is 1.48. The van der Waals surface area contributed by atoms with Crippen molar-refractivity contribution in [1.29, 1.82) is 5.26 Å². The third-order valence-corrected chi connectivity index (χ3v) is 1.43. The van der Waals surface area contributed by atoms with Gasteiger partial charge in [0.2, 0.25) is 5.88 Å². The second kappa shape index (κ2) is 3.62. The van der Waals surface area contributed by atoms with E-state index in [-0.39, 0.29) is 11.5 Å². The van der Waals surface area contributed by atoms with Crippen molar-refractivity contribution in [1.82, 2.24) is 10.6 Å². The highest BCUT2D eigenvalue weighted by molar-refractivity contribution is 5.97. The van der Waals surface area contributed by atoms with Gasteiger partial charge in [0, 0.05) is 7.05 Å². The summed E-state index contributed by atoms with van der Waals surface area (Å²) in [6.07, 6.45) is 0. The minimum absolute atomic E-state index is 0.00463. The molecule has 1 rings (SSSR count). The molecule has 0 spiro atoms. The lowest BCUT2D eigenvalue weighted by Crippen LogP contribution is -2.23. The Morgan fingerprint density at radius 1 is 1.83 bits per heavy atom. The number of likely N-dealkylation sites (N-methyl/N-ethyl adjacent to an activating group) is 1. The first-order valence-corrected chi connectivity index (χ1v) is 3.52. The molecule has 5 nitrogen and oxygen atoms in total. The van der Waals surface area contributed by atoms with E-state index in [4.69, 9.17) is 10.00 Å². The van der Waals surface area contributed by atoms with Gasteiger partial charge in [-0.05, 0) is 0 Å². The molecule has 0 aromatic carbocycles. The van der Waals surface area contributed by atoms with Crippen molar-refractivity contribution >= 4 is 5.91 Å². The van der Waals surface area contributed by atoms with Gasteiger partial charge in [-0.2, -0.15) is 5.26 Å². The fraction of sp³-hybridized carbons (Fsp3) is 0.429. The lowest BCUT2D eigenvalue weighted by molar-refractivity contribution is -0.116. The maximum absolute atomic E-state index is 11.0. The van der Waals surface area contributed by atoms with Crippen molar-refractivity contribution in [3.05, 3.63) is 11.5 Å². The maximum atomic E-state index is 11.0. The van der Waals surface area contributed by atoms with Crippen LogP contribution in [0.3, 0.4) is 0 Å². The molecule has 1 saturated heterocycles. The molecule has 1 aliphatic heterocycles. The van der Waals surface area contributed by atoms with E-state index < -0.39 is 5.91 Å². The second-order valence-electron chi connectivity index (χ2n) is 2.17. The Morgan fingerprint density at radius 2 is 2.58 bits per heavy atom. The fourth-order valence-electron chi connectivity index (χ4n) is 0.859. The summed E-state index contributed by atoms with van der Waals surface area (Å²) in [6, 6.07) is 1.77. The molecule has 12 heavy (non-hydrogen) atoms. The monoisotopic (exact) mass is 167 g/mol. The van der Waals surface area contributed by atoms with Crippen LogP contribution in [0.15, 0.2) is 11.5 Å². The van der Waals surface area contributed by atoms with E-state index in [1.54, 1.807) is 6.07 Å². The van der Waals surface area contributed by atoms with Crippen LogP contribution in [0.4, 0.5) is 0 Å². The molecule has 0 radical (unpaired) electrons. The number of hydrogen-bond acceptors (Lipinski definition) is 4. The maximum Gasteiger partial charge on any atom is 0.267 e. The van der Waals surface area contributed by atoms with Crippen LogP contribution in [0.2, 0.25) is 0 Å². The average molecular weight is 167 g/mol. The zero-order valence-electron chi connectivity index (χ0n) is 6.68. The van der Waals surface area contributed by atoms with E-state index in [0.29, 0.717) is 13.2 Å². The number of rotatable bonds is 1. The molecule has 0 bridgehead atoms. The number of hydrogen-bond donors (Lipinski definition) is 2. The van der Waals surface area contributed by atoms with Crippen molar-refractivity contribution in [2.24, 2.45) is 0 Å². The van der Waals surface area contributed by atoms with Gasteiger partial charge in [-0.1, -0.05) is 0 Å². The molecule has 0 saturated carbocycles. The highest BCUT2D eigenvalue weighted by Gasteiger charge is 2.18. The van der Waals surface area contributed by atoms with E-state index in [0.717, 1.165) is 0 Å². The van der Waals surface area contributed by atoms with Crippen LogP contribution < -0.4 is 10.6 Å². The van der Waals surface area contributed by atoms with E-state index in [1.807, 2.05) is 0 Å². The summed E-state index contributed by atoms with van der Waals surface area (Å²) in [5.41, 5.74) is -0.00463. The number of nitriles is 1. The van der Waals surface area contributed by atoms with E-state index in [9.17, 15) is 4.79 Å². The molecular formula is C7H9N3O2. The largest absolute Gasteiger partial charge is 0.476 e. The zero-order chi connectivity index (χ0) is 8.97. The summed E-state index contributed by atoms with van der Waals surface area (Å²) in [5, 5.41) is 13.7. The van der Waals surface area contributed by atoms with Gasteiger partial charge in [-0.25, -0.2) is 0 Å². The predicted molar refractivity (Wildman–Crippen MR) is 40.7 cm³/mol. The smallest absolute Gasteiger partial charge is 0.267 e. The van der Waals surface area contributed by atoms with E-state index >= 15 is 0 Å². The lowest BCUT2D eigenvalue weighted by Gasteiger charge is -2.01. The molecule has 2 N–H and O–H groups in total. The molecule has 5 heteroatoms. The SMILES string of the molecule is CNC(=O)/C(C#N)=C1/NCCO1. The van der Waals surface area contributed by atoms with Gasteiger partial charge in [-0.3, -0.25) is 4.79 Å². The molecule has 0 aliphatic carbocycles.